The number of aromatic carboxylic acids is 1. The van der Waals surface area contributed by atoms with Gasteiger partial charge in [-0.2, -0.15) is 0 Å². The molecule has 2 aromatic carbocycles. The molecule has 1 aliphatic rings. The highest BCUT2D eigenvalue weighted by atomic mass is 32.2. The topological polar surface area (TPSA) is 121 Å². The summed E-state index contributed by atoms with van der Waals surface area (Å²) in [6.45, 7) is 0.406. The maximum Gasteiger partial charge on any atom is 0.335 e. The molecule has 8 nitrogen and oxygen atoms in total. The molecule has 10 heteroatoms. The Morgan fingerprint density at radius 3 is 2.15 bits per heavy atom. The number of carboxylic acid groups (broad SMARTS) is 1. The van der Waals surface area contributed by atoms with Crippen molar-refractivity contribution in [3.8, 4) is 0 Å². The van der Waals surface area contributed by atoms with Gasteiger partial charge in [-0.05, 0) is 55.0 Å². The van der Waals surface area contributed by atoms with Gasteiger partial charge >= 0.3 is 5.97 Å². The number of sulfonamides is 2. The second-order valence-electron chi connectivity index (χ2n) is 5.72. The summed E-state index contributed by atoms with van der Waals surface area (Å²) < 4.78 is 52.2. The molecule has 2 aromatic rings. The molecule has 3 rings (SSSR count). The van der Waals surface area contributed by atoms with E-state index in [9.17, 15) is 21.6 Å². The smallest absolute Gasteiger partial charge is 0.335 e. The van der Waals surface area contributed by atoms with Crippen LogP contribution in [0.25, 0.3) is 0 Å². The quantitative estimate of drug-likeness (QED) is 0.794. The molecule has 1 saturated heterocycles. The molecule has 0 saturated carbocycles. The number of rotatable bonds is 5. The van der Waals surface area contributed by atoms with Gasteiger partial charge in [0.2, 0.25) is 10.0 Å². The van der Waals surface area contributed by atoms with Gasteiger partial charge < -0.3 is 5.11 Å². The number of anilines is 2. The van der Waals surface area contributed by atoms with Gasteiger partial charge in [0, 0.05) is 12.2 Å². The Hall–Kier alpha value is -2.59. The van der Waals surface area contributed by atoms with E-state index >= 15 is 0 Å². The van der Waals surface area contributed by atoms with E-state index in [0.29, 0.717) is 18.7 Å². The summed E-state index contributed by atoms with van der Waals surface area (Å²) in [5.74, 6) is -1.04. The van der Waals surface area contributed by atoms with E-state index < -0.39 is 26.0 Å². The molecule has 0 atom stereocenters. The Morgan fingerprint density at radius 2 is 1.65 bits per heavy atom. The minimum atomic E-state index is -3.89. The normalized spacial score (nSPS) is 16.4. The predicted octanol–water partition coefficient (Wildman–Crippen LogP) is 1.73. The molecule has 138 valence electrons. The Balaban J connectivity index is 1.79. The molecule has 0 radical (unpaired) electrons. The molecule has 26 heavy (non-hydrogen) atoms. The molecule has 0 amide bonds. The van der Waals surface area contributed by atoms with E-state index in [1.54, 1.807) is 0 Å². The number of carbonyl (C=O) groups is 1. The van der Waals surface area contributed by atoms with Crippen molar-refractivity contribution >= 4 is 37.4 Å². The van der Waals surface area contributed by atoms with Crippen molar-refractivity contribution in [2.24, 2.45) is 0 Å². The fraction of sp³-hybridized carbons (Fsp3) is 0.188. The summed E-state index contributed by atoms with van der Waals surface area (Å²) in [6.07, 6.45) is 0.559. The van der Waals surface area contributed by atoms with Crippen LogP contribution in [0.2, 0.25) is 0 Å². The first-order valence-corrected chi connectivity index (χ1v) is 10.7. The standard InChI is InChI=1S/C16H16N2O6S2/c19-16(20)12-2-8-15(9-3-12)26(23,24)17-13-4-6-14(7-5-13)18-10-1-11-25(18,21)22/h2-9,17H,1,10-11H2,(H,19,20). The lowest BCUT2D eigenvalue weighted by molar-refractivity contribution is 0.0696. The summed E-state index contributed by atoms with van der Waals surface area (Å²) in [6, 6.07) is 10.9. The number of nitrogens with one attached hydrogen (secondary N) is 1. The van der Waals surface area contributed by atoms with Gasteiger partial charge in [0.15, 0.2) is 0 Å². The van der Waals surface area contributed by atoms with Crippen LogP contribution >= 0.6 is 0 Å². The van der Waals surface area contributed by atoms with E-state index in [-0.39, 0.29) is 21.9 Å². The zero-order valence-electron chi connectivity index (χ0n) is 13.5. The van der Waals surface area contributed by atoms with Crippen molar-refractivity contribution in [3.05, 3.63) is 54.1 Å². The van der Waals surface area contributed by atoms with E-state index in [1.807, 2.05) is 0 Å². The monoisotopic (exact) mass is 396 g/mol. The zero-order valence-corrected chi connectivity index (χ0v) is 15.1. The van der Waals surface area contributed by atoms with Gasteiger partial charge in [0.05, 0.1) is 21.9 Å². The second-order valence-corrected chi connectivity index (χ2v) is 9.42. The van der Waals surface area contributed by atoms with Crippen molar-refractivity contribution < 1.29 is 26.7 Å². The average Bonchev–Trinajstić information content (AvgIpc) is 2.94. The third-order valence-corrected chi connectivity index (χ3v) is 7.19. The summed E-state index contributed by atoms with van der Waals surface area (Å²) in [4.78, 5) is 10.8. The van der Waals surface area contributed by atoms with Crippen LogP contribution in [0.5, 0.6) is 0 Å². The molecule has 1 aliphatic heterocycles. The molecule has 2 N–H and O–H groups in total. The molecule has 0 spiro atoms. The van der Waals surface area contributed by atoms with Crippen molar-refractivity contribution in [1.82, 2.24) is 0 Å². The van der Waals surface area contributed by atoms with Gasteiger partial charge in [0.25, 0.3) is 10.0 Å². The van der Waals surface area contributed by atoms with Crippen molar-refractivity contribution in [2.75, 3.05) is 21.3 Å². The van der Waals surface area contributed by atoms with Crippen molar-refractivity contribution in [3.63, 3.8) is 0 Å². The highest BCUT2D eigenvalue weighted by Gasteiger charge is 2.28. The van der Waals surface area contributed by atoms with Crippen molar-refractivity contribution in [2.45, 2.75) is 11.3 Å². The lowest BCUT2D eigenvalue weighted by atomic mass is 10.2. The minimum Gasteiger partial charge on any atom is -0.478 e. The largest absolute Gasteiger partial charge is 0.478 e. The lowest BCUT2D eigenvalue weighted by Gasteiger charge is -2.17. The van der Waals surface area contributed by atoms with Crippen LogP contribution < -0.4 is 9.03 Å². The van der Waals surface area contributed by atoms with E-state index in [1.165, 1.54) is 52.8 Å². The fourth-order valence-electron chi connectivity index (χ4n) is 2.62. The maximum atomic E-state index is 12.4. The maximum absolute atomic E-state index is 12.4. The number of carboxylic acids is 1. The SMILES string of the molecule is O=C(O)c1ccc(S(=O)(=O)Nc2ccc(N3CCCS3(=O)=O)cc2)cc1. The number of hydrogen-bond acceptors (Lipinski definition) is 5. The van der Waals surface area contributed by atoms with Gasteiger partial charge in [0.1, 0.15) is 0 Å². The predicted molar refractivity (Wildman–Crippen MR) is 96.4 cm³/mol. The third kappa shape index (κ3) is 3.65. The van der Waals surface area contributed by atoms with Gasteiger partial charge in [-0.1, -0.05) is 0 Å². The first-order chi connectivity index (χ1) is 12.2. The molecule has 0 unspecified atom stereocenters. The van der Waals surface area contributed by atoms with E-state index in [0.717, 1.165) is 0 Å². The van der Waals surface area contributed by atoms with Crippen LogP contribution in [-0.4, -0.2) is 40.2 Å². The molecule has 1 heterocycles. The Kier molecular flexibility index (Phi) is 4.63. The number of benzene rings is 2. The molecule has 0 aliphatic carbocycles. The van der Waals surface area contributed by atoms with E-state index in [2.05, 4.69) is 4.72 Å². The highest BCUT2D eigenvalue weighted by molar-refractivity contribution is 7.93. The second kappa shape index (κ2) is 6.61. The van der Waals surface area contributed by atoms with Crippen LogP contribution in [0.4, 0.5) is 11.4 Å². The van der Waals surface area contributed by atoms with Crippen LogP contribution in [0, 0.1) is 0 Å². The Bertz CT molecular complexity index is 1030. The molecular weight excluding hydrogens is 380 g/mol. The Morgan fingerprint density at radius 1 is 1.04 bits per heavy atom. The summed E-state index contributed by atoms with van der Waals surface area (Å²) >= 11 is 0. The molecule has 0 bridgehead atoms. The molecular formula is C16H16N2O6S2. The zero-order chi connectivity index (χ0) is 18.9. The van der Waals surface area contributed by atoms with E-state index in [4.69, 9.17) is 5.11 Å². The van der Waals surface area contributed by atoms with Crippen LogP contribution in [0.3, 0.4) is 0 Å². The third-order valence-electron chi connectivity index (χ3n) is 3.92. The Labute approximate surface area is 151 Å². The lowest BCUT2D eigenvalue weighted by Crippen LogP contribution is -2.25. The van der Waals surface area contributed by atoms with Crippen LogP contribution in [0.1, 0.15) is 16.8 Å². The molecule has 0 aromatic heterocycles. The van der Waals surface area contributed by atoms with Gasteiger partial charge in [-0.25, -0.2) is 21.6 Å². The van der Waals surface area contributed by atoms with Crippen molar-refractivity contribution in [1.29, 1.82) is 0 Å². The first kappa shape index (κ1) is 18.2. The number of hydrogen-bond donors (Lipinski definition) is 2. The minimum absolute atomic E-state index is 0.0138. The fourth-order valence-corrected chi connectivity index (χ4v) is 5.24. The molecule has 1 fully saturated rings. The average molecular weight is 396 g/mol. The number of nitrogens with zero attached hydrogens (tertiary/aromatic N) is 1. The van der Waals surface area contributed by atoms with Crippen LogP contribution in [0.15, 0.2) is 53.4 Å². The van der Waals surface area contributed by atoms with Gasteiger partial charge in [-0.15, -0.1) is 0 Å². The van der Waals surface area contributed by atoms with Crippen LogP contribution in [-0.2, 0) is 20.0 Å². The summed E-state index contributed by atoms with van der Waals surface area (Å²) in [7, 11) is -7.18. The summed E-state index contributed by atoms with van der Waals surface area (Å²) in [5, 5.41) is 8.85. The van der Waals surface area contributed by atoms with Gasteiger partial charge in [-0.3, -0.25) is 9.03 Å². The first-order valence-electron chi connectivity index (χ1n) is 7.66. The summed E-state index contributed by atoms with van der Waals surface area (Å²) in [5.41, 5.74) is 0.740. The highest BCUT2D eigenvalue weighted by Crippen LogP contribution is 2.26.